The molecule has 0 atom stereocenters. The first kappa shape index (κ1) is 33.9. The van der Waals surface area contributed by atoms with Crippen LogP contribution >= 0.6 is 0 Å². The third-order valence-electron chi connectivity index (χ3n) is 8.39. The van der Waals surface area contributed by atoms with Gasteiger partial charge in [0.25, 0.3) is 0 Å². The van der Waals surface area contributed by atoms with E-state index < -0.39 is 8.80 Å². The Morgan fingerprint density at radius 2 is 0.694 bits per heavy atom. The fourth-order valence-electron chi connectivity index (χ4n) is 6.11. The molecule has 0 bridgehead atoms. The van der Waals surface area contributed by atoms with Crippen LogP contribution in [-0.4, -0.2) is 28.6 Å². The Bertz CT molecular complexity index is 1860. The molecule has 0 saturated heterocycles. The second-order valence-corrected chi connectivity index (χ2v) is 14.2. The average molecular weight is 665 g/mol. The summed E-state index contributed by atoms with van der Waals surface area (Å²) in [5.41, 5.74) is 10.1. The van der Waals surface area contributed by atoms with Crippen molar-refractivity contribution in [3.8, 4) is 11.1 Å². The molecular formula is C43H44N2O3Si. The lowest BCUT2D eigenvalue weighted by atomic mass is 10.0. The summed E-state index contributed by atoms with van der Waals surface area (Å²) < 4.78 is 18.5. The van der Waals surface area contributed by atoms with Crippen molar-refractivity contribution in [2.24, 2.45) is 0 Å². The van der Waals surface area contributed by atoms with Gasteiger partial charge in [-0.1, -0.05) is 90.5 Å². The molecule has 0 aliphatic rings. The van der Waals surface area contributed by atoms with Gasteiger partial charge in [-0.05, 0) is 112 Å². The summed E-state index contributed by atoms with van der Waals surface area (Å²) in [5, 5.41) is 0.960. The molecule has 0 radical (unpaired) electrons. The largest absolute Gasteiger partial charge is 0.537 e. The fourth-order valence-corrected chi connectivity index (χ4v) is 8.57. The first-order chi connectivity index (χ1) is 24.0. The summed E-state index contributed by atoms with van der Waals surface area (Å²) in [6.07, 6.45) is 0. The summed E-state index contributed by atoms with van der Waals surface area (Å²) in [6, 6.07) is 55.6. The van der Waals surface area contributed by atoms with Crippen molar-refractivity contribution in [3.63, 3.8) is 0 Å². The number of aryl methyl sites for hydroxylation is 1. The van der Waals surface area contributed by atoms with Crippen molar-refractivity contribution in [3.05, 3.63) is 163 Å². The number of nitrogens with zero attached hydrogens (tertiary/aromatic N) is 2. The van der Waals surface area contributed by atoms with Crippen molar-refractivity contribution in [2.45, 2.75) is 27.7 Å². The number of anilines is 6. The van der Waals surface area contributed by atoms with Crippen LogP contribution in [0, 0.1) is 6.92 Å². The maximum absolute atomic E-state index is 6.17. The Balaban J connectivity index is 1.30. The normalized spacial score (nSPS) is 11.3. The second kappa shape index (κ2) is 15.9. The van der Waals surface area contributed by atoms with Gasteiger partial charge >= 0.3 is 8.80 Å². The predicted molar refractivity (Wildman–Crippen MR) is 206 cm³/mol. The van der Waals surface area contributed by atoms with Crippen molar-refractivity contribution in [1.82, 2.24) is 0 Å². The van der Waals surface area contributed by atoms with E-state index in [1.807, 2.05) is 26.8 Å². The standard InChI is InChI=1S/C43H44N2O3Si/c1-5-46-49(47-6-2,48-7-3)43-32-30-42(31-33-43)45(38-16-12-9-13-17-38)41-28-22-36(23-29-41)35-20-26-40(27-21-35)44(37-14-10-8-11-15-37)39-24-18-34(4)19-25-39/h8-33H,5-7H2,1-4H3. The quantitative estimate of drug-likeness (QED) is 0.108. The molecule has 6 aromatic carbocycles. The lowest BCUT2D eigenvalue weighted by Crippen LogP contribution is -2.56. The zero-order valence-corrected chi connectivity index (χ0v) is 29.8. The zero-order valence-electron chi connectivity index (χ0n) is 28.8. The van der Waals surface area contributed by atoms with E-state index in [-0.39, 0.29) is 0 Å². The Morgan fingerprint density at radius 3 is 1.04 bits per heavy atom. The monoisotopic (exact) mass is 664 g/mol. The minimum atomic E-state index is -3.01. The van der Waals surface area contributed by atoms with Crippen LogP contribution in [0.5, 0.6) is 0 Å². The van der Waals surface area contributed by atoms with Gasteiger partial charge in [-0.25, -0.2) is 0 Å². The molecule has 0 spiro atoms. The predicted octanol–water partition coefficient (Wildman–Crippen LogP) is 10.9. The molecule has 6 heteroatoms. The van der Waals surface area contributed by atoms with Gasteiger partial charge in [-0.3, -0.25) is 0 Å². The highest BCUT2D eigenvalue weighted by Crippen LogP contribution is 2.38. The maximum Gasteiger partial charge on any atom is 0.537 e. The molecule has 0 saturated carbocycles. The average Bonchev–Trinajstić information content (AvgIpc) is 3.15. The smallest absolute Gasteiger partial charge is 0.370 e. The van der Waals surface area contributed by atoms with Gasteiger partial charge in [0.05, 0.1) is 0 Å². The molecule has 6 aromatic rings. The number of para-hydroxylation sites is 2. The summed E-state index contributed by atoms with van der Waals surface area (Å²) >= 11 is 0. The molecule has 0 unspecified atom stereocenters. The van der Waals surface area contributed by atoms with E-state index in [0.717, 1.165) is 50.4 Å². The maximum atomic E-state index is 6.17. The van der Waals surface area contributed by atoms with Crippen LogP contribution < -0.4 is 15.0 Å². The first-order valence-corrected chi connectivity index (χ1v) is 18.8. The molecule has 0 aliphatic heterocycles. The van der Waals surface area contributed by atoms with Crippen LogP contribution in [0.15, 0.2) is 158 Å². The summed E-state index contributed by atoms with van der Waals surface area (Å²) in [5.74, 6) is 0. The molecule has 49 heavy (non-hydrogen) atoms. The minimum Gasteiger partial charge on any atom is -0.370 e. The van der Waals surface area contributed by atoms with Gasteiger partial charge in [-0.2, -0.15) is 0 Å². The van der Waals surface area contributed by atoms with E-state index in [4.69, 9.17) is 13.3 Å². The van der Waals surface area contributed by atoms with Gasteiger partial charge in [0.2, 0.25) is 0 Å². The van der Waals surface area contributed by atoms with Crippen molar-refractivity contribution < 1.29 is 13.3 Å². The third-order valence-corrected chi connectivity index (χ3v) is 11.4. The summed E-state index contributed by atoms with van der Waals surface area (Å²) in [6.45, 7) is 9.63. The van der Waals surface area contributed by atoms with E-state index in [1.54, 1.807) is 0 Å². The lowest BCUT2D eigenvalue weighted by Gasteiger charge is -2.30. The summed E-state index contributed by atoms with van der Waals surface area (Å²) in [7, 11) is -3.01. The van der Waals surface area contributed by atoms with E-state index in [9.17, 15) is 0 Å². The molecule has 0 N–H and O–H groups in total. The Morgan fingerprint density at radius 1 is 0.388 bits per heavy atom. The highest BCUT2D eigenvalue weighted by atomic mass is 28.4. The molecule has 5 nitrogen and oxygen atoms in total. The van der Waals surface area contributed by atoms with Crippen LogP contribution in [0.4, 0.5) is 34.1 Å². The topological polar surface area (TPSA) is 34.2 Å². The number of rotatable bonds is 14. The molecule has 0 fully saturated rings. The number of hydrogen-bond acceptors (Lipinski definition) is 5. The Labute approximate surface area is 292 Å². The highest BCUT2D eigenvalue weighted by Gasteiger charge is 2.43. The Hall–Kier alpha value is -4.98. The second-order valence-electron chi connectivity index (χ2n) is 11.7. The molecule has 0 amide bonds. The van der Waals surface area contributed by atoms with Crippen LogP contribution in [0.25, 0.3) is 11.1 Å². The highest BCUT2D eigenvalue weighted by molar-refractivity contribution is 6.75. The molecule has 0 aromatic heterocycles. The third kappa shape index (κ3) is 7.69. The molecule has 248 valence electrons. The minimum absolute atomic E-state index is 0.525. The van der Waals surface area contributed by atoms with Crippen LogP contribution in [0.2, 0.25) is 0 Å². The zero-order chi connectivity index (χ0) is 34.1. The van der Waals surface area contributed by atoms with E-state index in [2.05, 4.69) is 168 Å². The van der Waals surface area contributed by atoms with Crippen molar-refractivity contribution >= 4 is 48.1 Å². The number of hydrogen-bond donors (Lipinski definition) is 0. The van der Waals surface area contributed by atoms with E-state index in [1.165, 1.54) is 5.56 Å². The van der Waals surface area contributed by atoms with Gasteiger partial charge in [0.1, 0.15) is 0 Å². The van der Waals surface area contributed by atoms with Gasteiger partial charge in [0, 0.05) is 59.1 Å². The van der Waals surface area contributed by atoms with Gasteiger partial charge in [0.15, 0.2) is 0 Å². The van der Waals surface area contributed by atoms with Gasteiger partial charge < -0.3 is 23.1 Å². The molecular weight excluding hydrogens is 621 g/mol. The van der Waals surface area contributed by atoms with Crippen molar-refractivity contribution in [1.29, 1.82) is 0 Å². The molecule has 0 heterocycles. The van der Waals surface area contributed by atoms with Crippen LogP contribution in [-0.2, 0) is 13.3 Å². The van der Waals surface area contributed by atoms with E-state index >= 15 is 0 Å². The number of benzene rings is 6. The van der Waals surface area contributed by atoms with Crippen LogP contribution in [0.3, 0.4) is 0 Å². The molecule has 0 aliphatic carbocycles. The van der Waals surface area contributed by atoms with Crippen LogP contribution in [0.1, 0.15) is 26.3 Å². The van der Waals surface area contributed by atoms with Gasteiger partial charge in [-0.15, -0.1) is 0 Å². The Kier molecular flexibility index (Phi) is 11.0. The SMILES string of the molecule is CCO[Si](OCC)(OCC)c1ccc(N(c2ccccc2)c2ccc(-c3ccc(N(c4ccccc4)c4ccc(C)cc4)cc3)cc2)cc1. The van der Waals surface area contributed by atoms with E-state index in [0.29, 0.717) is 19.8 Å². The molecule has 6 rings (SSSR count). The lowest BCUT2D eigenvalue weighted by molar-refractivity contribution is 0.0859. The summed E-state index contributed by atoms with van der Waals surface area (Å²) in [4.78, 5) is 4.56. The van der Waals surface area contributed by atoms with Crippen molar-refractivity contribution in [2.75, 3.05) is 29.6 Å². The first-order valence-electron chi connectivity index (χ1n) is 17.0. The fraction of sp³-hybridized carbons (Fsp3) is 0.163.